The second-order valence-corrected chi connectivity index (χ2v) is 7.88. The zero-order valence-electron chi connectivity index (χ0n) is 16.3. The van der Waals surface area contributed by atoms with Crippen molar-refractivity contribution in [2.45, 2.75) is 51.1 Å². The van der Waals surface area contributed by atoms with Gasteiger partial charge in [0.25, 0.3) is 11.5 Å². The van der Waals surface area contributed by atoms with E-state index in [-0.39, 0.29) is 17.5 Å². The van der Waals surface area contributed by atoms with Crippen LogP contribution in [0.2, 0.25) is 0 Å². The van der Waals surface area contributed by atoms with Crippen LogP contribution in [0, 0.1) is 0 Å². The van der Waals surface area contributed by atoms with Crippen molar-refractivity contribution in [1.82, 2.24) is 24.6 Å². The van der Waals surface area contributed by atoms with Gasteiger partial charge in [-0.3, -0.25) is 14.6 Å². The van der Waals surface area contributed by atoms with E-state index in [9.17, 15) is 9.59 Å². The summed E-state index contributed by atoms with van der Waals surface area (Å²) in [7, 11) is 0. The fraction of sp³-hybridized carbons (Fsp3) is 0.409. The van der Waals surface area contributed by atoms with Gasteiger partial charge in [0.15, 0.2) is 0 Å². The number of nitrogens with zero attached hydrogens (tertiary/aromatic N) is 5. The number of aromatic nitrogens is 4. The van der Waals surface area contributed by atoms with Gasteiger partial charge in [0.05, 0.1) is 35.5 Å². The summed E-state index contributed by atoms with van der Waals surface area (Å²) >= 11 is 0. The highest BCUT2D eigenvalue weighted by molar-refractivity contribution is 5.94. The van der Waals surface area contributed by atoms with Gasteiger partial charge in [-0.05, 0) is 56.2 Å². The summed E-state index contributed by atoms with van der Waals surface area (Å²) in [4.78, 5) is 36.4. The summed E-state index contributed by atoms with van der Waals surface area (Å²) in [6.07, 6.45) is 7.42. The lowest BCUT2D eigenvalue weighted by Crippen LogP contribution is -2.41. The minimum absolute atomic E-state index is 0.0531. The zero-order chi connectivity index (χ0) is 19.8. The van der Waals surface area contributed by atoms with E-state index < -0.39 is 0 Å². The SMILES string of the molecule is O=C(c1cnc2ccccc2n1)N1CCCC1Cn1nc2c(cc1=O)CCCC2. The molecule has 3 heterocycles. The summed E-state index contributed by atoms with van der Waals surface area (Å²) in [5.41, 5.74) is 3.88. The van der Waals surface area contributed by atoms with Crippen LogP contribution in [-0.2, 0) is 19.4 Å². The fourth-order valence-electron chi connectivity index (χ4n) is 4.43. The molecule has 0 N–H and O–H groups in total. The first-order valence-corrected chi connectivity index (χ1v) is 10.3. The Morgan fingerprint density at radius 3 is 2.83 bits per heavy atom. The second-order valence-electron chi connectivity index (χ2n) is 7.88. The number of amides is 1. The summed E-state index contributed by atoms with van der Waals surface area (Å²) in [5, 5.41) is 4.62. The maximum atomic E-state index is 13.1. The number of likely N-dealkylation sites (tertiary alicyclic amines) is 1. The lowest BCUT2D eigenvalue weighted by Gasteiger charge is -2.25. The van der Waals surface area contributed by atoms with Crippen LogP contribution in [0.4, 0.5) is 0 Å². The van der Waals surface area contributed by atoms with E-state index in [4.69, 9.17) is 0 Å². The Morgan fingerprint density at radius 1 is 1.10 bits per heavy atom. The first-order valence-electron chi connectivity index (χ1n) is 10.3. The Balaban J connectivity index is 1.39. The molecule has 1 unspecified atom stereocenters. The molecule has 2 aliphatic rings. The molecule has 1 atom stereocenters. The number of carbonyl (C=O) groups excluding carboxylic acids is 1. The first-order chi connectivity index (χ1) is 14.2. The number of benzene rings is 1. The van der Waals surface area contributed by atoms with Gasteiger partial charge in [0.2, 0.25) is 0 Å². The van der Waals surface area contributed by atoms with Crippen molar-refractivity contribution in [3.05, 3.63) is 63.8 Å². The van der Waals surface area contributed by atoms with Gasteiger partial charge >= 0.3 is 0 Å². The lowest BCUT2D eigenvalue weighted by atomic mass is 9.97. The third kappa shape index (κ3) is 3.41. The maximum absolute atomic E-state index is 13.1. The molecule has 0 saturated carbocycles. The summed E-state index contributed by atoms with van der Waals surface area (Å²) in [5.74, 6) is -0.128. The Labute approximate surface area is 168 Å². The van der Waals surface area contributed by atoms with Gasteiger partial charge < -0.3 is 4.90 Å². The van der Waals surface area contributed by atoms with E-state index in [0.717, 1.165) is 55.3 Å². The van der Waals surface area contributed by atoms with Crippen molar-refractivity contribution in [3.63, 3.8) is 0 Å². The summed E-state index contributed by atoms with van der Waals surface area (Å²) in [6, 6.07) is 9.21. The molecule has 5 rings (SSSR count). The molecular formula is C22H23N5O2. The van der Waals surface area contributed by atoms with Crippen LogP contribution in [0.25, 0.3) is 11.0 Å². The first kappa shape index (κ1) is 18.0. The van der Waals surface area contributed by atoms with Crippen LogP contribution in [0.5, 0.6) is 0 Å². The van der Waals surface area contributed by atoms with Crippen molar-refractivity contribution < 1.29 is 4.79 Å². The second kappa shape index (κ2) is 7.39. The van der Waals surface area contributed by atoms with Crippen molar-refractivity contribution in [3.8, 4) is 0 Å². The average Bonchev–Trinajstić information content (AvgIpc) is 3.21. The number of fused-ring (bicyclic) bond motifs is 2. The monoisotopic (exact) mass is 389 g/mol. The molecule has 1 amide bonds. The Hall–Kier alpha value is -3.09. The van der Waals surface area contributed by atoms with E-state index in [0.29, 0.717) is 24.3 Å². The van der Waals surface area contributed by atoms with Crippen LogP contribution >= 0.6 is 0 Å². The largest absolute Gasteiger partial charge is 0.332 e. The molecule has 148 valence electrons. The molecule has 7 nitrogen and oxygen atoms in total. The number of hydrogen-bond donors (Lipinski definition) is 0. The fourth-order valence-corrected chi connectivity index (χ4v) is 4.43. The Kier molecular flexibility index (Phi) is 4.58. The van der Waals surface area contributed by atoms with Gasteiger partial charge in [0, 0.05) is 12.6 Å². The third-order valence-corrected chi connectivity index (χ3v) is 5.96. The van der Waals surface area contributed by atoms with Crippen LogP contribution in [0.15, 0.2) is 41.3 Å². The van der Waals surface area contributed by atoms with Crippen molar-refractivity contribution in [2.75, 3.05) is 6.54 Å². The quantitative estimate of drug-likeness (QED) is 0.687. The minimum Gasteiger partial charge on any atom is -0.332 e. The van der Waals surface area contributed by atoms with Crippen LogP contribution in [0.3, 0.4) is 0 Å². The molecule has 0 bridgehead atoms. The highest BCUT2D eigenvalue weighted by Gasteiger charge is 2.31. The molecule has 7 heteroatoms. The predicted molar refractivity (Wildman–Crippen MR) is 109 cm³/mol. The number of carbonyl (C=O) groups is 1. The zero-order valence-corrected chi connectivity index (χ0v) is 16.3. The van der Waals surface area contributed by atoms with E-state index in [1.54, 1.807) is 16.9 Å². The highest BCUT2D eigenvalue weighted by Crippen LogP contribution is 2.22. The molecule has 3 aromatic rings. The molecule has 0 spiro atoms. The molecule has 1 aliphatic carbocycles. The van der Waals surface area contributed by atoms with Crippen molar-refractivity contribution in [2.24, 2.45) is 0 Å². The third-order valence-electron chi connectivity index (χ3n) is 5.96. The molecule has 1 aliphatic heterocycles. The van der Waals surface area contributed by atoms with Crippen molar-refractivity contribution in [1.29, 1.82) is 0 Å². The van der Waals surface area contributed by atoms with E-state index in [1.807, 2.05) is 29.2 Å². The molecule has 2 aromatic heterocycles. The van der Waals surface area contributed by atoms with Gasteiger partial charge in [-0.1, -0.05) is 12.1 Å². The van der Waals surface area contributed by atoms with Gasteiger partial charge in [-0.25, -0.2) is 9.67 Å². The molecule has 0 radical (unpaired) electrons. The molecular weight excluding hydrogens is 366 g/mol. The van der Waals surface area contributed by atoms with E-state index in [2.05, 4.69) is 15.1 Å². The van der Waals surface area contributed by atoms with Crippen molar-refractivity contribution >= 4 is 16.9 Å². The molecule has 1 saturated heterocycles. The molecule has 29 heavy (non-hydrogen) atoms. The Morgan fingerprint density at radius 2 is 1.93 bits per heavy atom. The number of aryl methyl sites for hydroxylation is 2. The average molecular weight is 389 g/mol. The number of para-hydroxylation sites is 2. The normalized spacial score (nSPS) is 18.8. The van der Waals surface area contributed by atoms with Gasteiger partial charge in [-0.15, -0.1) is 0 Å². The van der Waals surface area contributed by atoms with E-state index >= 15 is 0 Å². The number of hydrogen-bond acceptors (Lipinski definition) is 5. The van der Waals surface area contributed by atoms with Crippen LogP contribution in [-0.4, -0.2) is 43.1 Å². The predicted octanol–water partition coefficient (Wildman–Crippen LogP) is 2.37. The number of rotatable bonds is 3. The minimum atomic E-state index is -0.128. The molecule has 1 fully saturated rings. The highest BCUT2D eigenvalue weighted by atomic mass is 16.2. The Bertz CT molecular complexity index is 1140. The summed E-state index contributed by atoms with van der Waals surface area (Å²) < 4.78 is 1.55. The van der Waals surface area contributed by atoms with Gasteiger partial charge in [0.1, 0.15) is 5.69 Å². The lowest BCUT2D eigenvalue weighted by molar-refractivity contribution is 0.0714. The van der Waals surface area contributed by atoms with Crippen LogP contribution in [0.1, 0.15) is 47.4 Å². The standard InChI is InChI=1S/C22H23N5O2/c28-21-12-15-6-1-2-8-17(15)25-27(21)14-16-7-5-11-26(16)22(29)20-13-23-18-9-3-4-10-19(18)24-20/h3-4,9-10,12-13,16H,1-2,5-8,11,14H2. The smallest absolute Gasteiger partial charge is 0.274 e. The van der Waals surface area contributed by atoms with E-state index in [1.165, 1.54) is 0 Å². The van der Waals surface area contributed by atoms with Gasteiger partial charge in [-0.2, -0.15) is 5.10 Å². The molecule has 1 aromatic carbocycles. The topological polar surface area (TPSA) is 81.0 Å². The van der Waals surface area contributed by atoms with Crippen LogP contribution < -0.4 is 5.56 Å². The maximum Gasteiger partial charge on any atom is 0.274 e. The summed E-state index contributed by atoms with van der Waals surface area (Å²) in [6.45, 7) is 1.09.